The summed E-state index contributed by atoms with van der Waals surface area (Å²) in [6, 6.07) is 1.62. The van der Waals surface area contributed by atoms with E-state index >= 15 is 0 Å². The van der Waals surface area contributed by atoms with Gasteiger partial charge in [-0.25, -0.2) is 0 Å². The Kier molecular flexibility index (Phi) is 2.88. The first-order valence-corrected chi connectivity index (χ1v) is 7.51. The maximum atomic E-state index is 11.2. The smallest absolute Gasteiger partial charge is 0.308 e. The molecule has 3 atom stereocenters. The molecule has 3 saturated heterocycles. The van der Waals surface area contributed by atoms with Crippen molar-refractivity contribution in [2.24, 2.45) is 5.92 Å². The van der Waals surface area contributed by atoms with E-state index in [9.17, 15) is 9.90 Å². The first-order valence-electron chi connectivity index (χ1n) is 6.35. The minimum atomic E-state index is -0.567. The lowest BCUT2D eigenvalue weighted by Crippen LogP contribution is -2.42. The highest BCUT2D eigenvalue weighted by Gasteiger charge is 2.51. The second-order valence-electron chi connectivity index (χ2n) is 5.27. The van der Waals surface area contributed by atoms with Gasteiger partial charge in [0.05, 0.1) is 5.92 Å². The summed E-state index contributed by atoms with van der Waals surface area (Å²) in [5.74, 6) is 1.88. The van der Waals surface area contributed by atoms with Crippen molar-refractivity contribution in [3.05, 3.63) is 0 Å². The highest BCUT2D eigenvalue weighted by molar-refractivity contribution is 7.99. The lowest BCUT2D eigenvalue weighted by Gasteiger charge is -2.34. The Morgan fingerprint density at radius 2 is 1.88 bits per heavy atom. The zero-order valence-corrected chi connectivity index (χ0v) is 10.3. The molecule has 16 heavy (non-hydrogen) atoms. The topological polar surface area (TPSA) is 40.5 Å². The van der Waals surface area contributed by atoms with Gasteiger partial charge in [-0.15, -0.1) is 0 Å². The van der Waals surface area contributed by atoms with Crippen molar-refractivity contribution in [2.75, 3.05) is 11.5 Å². The molecule has 3 fully saturated rings. The van der Waals surface area contributed by atoms with E-state index in [0.717, 1.165) is 12.8 Å². The zero-order valence-electron chi connectivity index (χ0n) is 9.47. The number of thioether (sulfide) groups is 1. The van der Waals surface area contributed by atoms with Crippen LogP contribution in [0.15, 0.2) is 0 Å². The van der Waals surface area contributed by atoms with Crippen LogP contribution >= 0.6 is 11.8 Å². The highest BCUT2D eigenvalue weighted by Crippen LogP contribution is 2.45. The highest BCUT2D eigenvalue weighted by atomic mass is 32.2. The van der Waals surface area contributed by atoms with Crippen LogP contribution in [0.5, 0.6) is 0 Å². The molecule has 3 rings (SSSR count). The molecule has 3 aliphatic heterocycles. The zero-order chi connectivity index (χ0) is 11.1. The number of nitrogens with zero attached hydrogens (tertiary/aromatic N) is 1. The first kappa shape index (κ1) is 10.9. The van der Waals surface area contributed by atoms with Gasteiger partial charge in [-0.2, -0.15) is 11.8 Å². The number of carbonyl (C=O) groups is 1. The third-order valence-electron chi connectivity index (χ3n) is 4.52. The molecule has 3 nitrogen and oxygen atoms in total. The van der Waals surface area contributed by atoms with Gasteiger partial charge in [-0.3, -0.25) is 9.69 Å². The number of aliphatic carboxylic acids is 1. The van der Waals surface area contributed by atoms with Crippen LogP contribution in [-0.4, -0.2) is 45.6 Å². The number of rotatable bonds is 2. The van der Waals surface area contributed by atoms with E-state index < -0.39 is 5.97 Å². The standard InChI is InChI=1S/C12H19NO2S/c14-12(15)10-7-9-1-2-11(10)13(9)8-3-5-16-6-4-8/h8-11H,1-7H2,(H,14,15). The molecule has 0 spiro atoms. The molecule has 3 heterocycles. The Hall–Kier alpha value is -0.220. The van der Waals surface area contributed by atoms with Crippen molar-refractivity contribution >= 4 is 17.7 Å². The summed E-state index contributed by atoms with van der Waals surface area (Å²) in [6.07, 6.45) is 5.79. The Morgan fingerprint density at radius 1 is 1.12 bits per heavy atom. The molecule has 0 aliphatic carbocycles. The van der Waals surface area contributed by atoms with Crippen molar-refractivity contribution in [3.8, 4) is 0 Å². The lowest BCUT2D eigenvalue weighted by atomic mass is 9.89. The number of hydrogen-bond acceptors (Lipinski definition) is 3. The molecule has 0 amide bonds. The maximum absolute atomic E-state index is 11.2. The number of carboxylic acid groups (broad SMARTS) is 1. The van der Waals surface area contributed by atoms with Crippen molar-refractivity contribution in [3.63, 3.8) is 0 Å². The van der Waals surface area contributed by atoms with Gasteiger partial charge in [0.25, 0.3) is 0 Å². The Labute approximate surface area is 101 Å². The lowest BCUT2D eigenvalue weighted by molar-refractivity contribution is -0.142. The molecule has 2 bridgehead atoms. The Balaban J connectivity index is 1.74. The summed E-state index contributed by atoms with van der Waals surface area (Å²) in [5, 5.41) is 9.22. The predicted octanol–water partition coefficient (Wildman–Crippen LogP) is 1.82. The second kappa shape index (κ2) is 4.22. The van der Waals surface area contributed by atoms with Gasteiger partial charge < -0.3 is 5.11 Å². The van der Waals surface area contributed by atoms with E-state index in [4.69, 9.17) is 0 Å². The normalized spacial score (nSPS) is 40.4. The predicted molar refractivity (Wildman–Crippen MR) is 64.7 cm³/mol. The number of hydrogen-bond donors (Lipinski definition) is 1. The molecule has 3 aliphatic rings. The summed E-state index contributed by atoms with van der Waals surface area (Å²) >= 11 is 2.04. The first-order chi connectivity index (χ1) is 7.77. The summed E-state index contributed by atoms with van der Waals surface area (Å²) in [6.45, 7) is 0. The molecule has 4 heteroatoms. The molecule has 90 valence electrons. The molecule has 3 unspecified atom stereocenters. The minimum absolute atomic E-state index is 0.0756. The SMILES string of the molecule is O=C(O)C1CC2CCC1N2C1CCSCC1. The van der Waals surface area contributed by atoms with E-state index in [1.807, 2.05) is 11.8 Å². The van der Waals surface area contributed by atoms with Crippen LogP contribution in [0.2, 0.25) is 0 Å². The average Bonchev–Trinajstić information content (AvgIpc) is 2.87. The number of carboxylic acids is 1. The van der Waals surface area contributed by atoms with Crippen molar-refractivity contribution in [2.45, 2.75) is 50.2 Å². The summed E-state index contributed by atoms with van der Waals surface area (Å²) in [5.41, 5.74) is 0. The third kappa shape index (κ3) is 1.66. The van der Waals surface area contributed by atoms with E-state index in [1.54, 1.807) is 0 Å². The van der Waals surface area contributed by atoms with Crippen LogP contribution in [0.25, 0.3) is 0 Å². The monoisotopic (exact) mass is 241 g/mol. The molecule has 1 N–H and O–H groups in total. The van der Waals surface area contributed by atoms with Crippen LogP contribution < -0.4 is 0 Å². The van der Waals surface area contributed by atoms with E-state index in [0.29, 0.717) is 18.1 Å². The van der Waals surface area contributed by atoms with E-state index in [1.165, 1.54) is 30.8 Å². The summed E-state index contributed by atoms with van der Waals surface area (Å²) in [4.78, 5) is 13.8. The van der Waals surface area contributed by atoms with Gasteiger partial charge >= 0.3 is 5.97 Å². The van der Waals surface area contributed by atoms with Gasteiger partial charge in [0.2, 0.25) is 0 Å². The maximum Gasteiger partial charge on any atom is 0.308 e. The molecular formula is C12H19NO2S. The number of fused-ring (bicyclic) bond motifs is 2. The van der Waals surface area contributed by atoms with Crippen LogP contribution in [-0.2, 0) is 4.79 Å². The van der Waals surface area contributed by atoms with Gasteiger partial charge in [0.1, 0.15) is 0 Å². The van der Waals surface area contributed by atoms with E-state index in [-0.39, 0.29) is 5.92 Å². The quantitative estimate of drug-likeness (QED) is 0.800. The van der Waals surface area contributed by atoms with Crippen LogP contribution in [0.1, 0.15) is 32.1 Å². The van der Waals surface area contributed by atoms with Gasteiger partial charge in [-0.05, 0) is 43.6 Å². The van der Waals surface area contributed by atoms with Gasteiger partial charge in [0, 0.05) is 18.1 Å². The largest absolute Gasteiger partial charge is 0.481 e. The van der Waals surface area contributed by atoms with Crippen LogP contribution in [0.4, 0.5) is 0 Å². The molecule has 0 aromatic carbocycles. The molecule has 0 aromatic rings. The Morgan fingerprint density at radius 3 is 2.50 bits per heavy atom. The Bertz CT molecular complexity index is 291. The summed E-state index contributed by atoms with van der Waals surface area (Å²) < 4.78 is 0. The third-order valence-corrected chi connectivity index (χ3v) is 5.57. The fourth-order valence-corrected chi connectivity index (χ4v) is 4.93. The second-order valence-corrected chi connectivity index (χ2v) is 6.49. The van der Waals surface area contributed by atoms with Crippen LogP contribution in [0.3, 0.4) is 0 Å². The molecule has 0 saturated carbocycles. The van der Waals surface area contributed by atoms with E-state index in [2.05, 4.69) is 4.90 Å². The van der Waals surface area contributed by atoms with Crippen molar-refractivity contribution in [1.82, 2.24) is 4.90 Å². The molecule has 0 radical (unpaired) electrons. The fourth-order valence-electron chi connectivity index (χ4n) is 3.85. The van der Waals surface area contributed by atoms with Crippen molar-refractivity contribution in [1.29, 1.82) is 0 Å². The molecular weight excluding hydrogens is 222 g/mol. The summed E-state index contributed by atoms with van der Waals surface area (Å²) in [7, 11) is 0. The van der Waals surface area contributed by atoms with Gasteiger partial charge in [0.15, 0.2) is 0 Å². The van der Waals surface area contributed by atoms with Crippen LogP contribution in [0, 0.1) is 5.92 Å². The van der Waals surface area contributed by atoms with Gasteiger partial charge in [-0.1, -0.05) is 0 Å². The minimum Gasteiger partial charge on any atom is -0.481 e. The molecule has 0 aromatic heterocycles. The fraction of sp³-hybridized carbons (Fsp3) is 0.917. The average molecular weight is 241 g/mol. The van der Waals surface area contributed by atoms with Crippen molar-refractivity contribution < 1.29 is 9.90 Å².